The summed E-state index contributed by atoms with van der Waals surface area (Å²) in [4.78, 5) is 26.8. The molecule has 0 radical (unpaired) electrons. The van der Waals surface area contributed by atoms with Crippen LogP contribution in [0.5, 0.6) is 0 Å². The first-order valence-corrected chi connectivity index (χ1v) is 12.2. The summed E-state index contributed by atoms with van der Waals surface area (Å²) in [6.45, 7) is 9.79. The highest BCUT2D eigenvalue weighted by molar-refractivity contribution is 6.07. The Kier molecular flexibility index (Phi) is 5.22. The number of ether oxygens (including phenoxy) is 2. The van der Waals surface area contributed by atoms with Crippen molar-refractivity contribution in [3.8, 4) is 0 Å². The van der Waals surface area contributed by atoms with Crippen molar-refractivity contribution in [2.75, 3.05) is 24.7 Å². The first-order chi connectivity index (χ1) is 16.9. The van der Waals surface area contributed by atoms with E-state index in [2.05, 4.69) is 36.6 Å². The maximum atomic E-state index is 13.6. The Morgan fingerprint density at radius 3 is 1.89 bits per heavy atom. The van der Waals surface area contributed by atoms with Crippen LogP contribution in [-0.4, -0.2) is 31.6 Å². The van der Waals surface area contributed by atoms with Crippen LogP contribution < -0.4 is 10.6 Å². The van der Waals surface area contributed by atoms with Crippen LogP contribution in [0, 0.1) is 0 Å². The SMILES string of the molecule is CNc1ccc2c(c1)C(C)(C)c1cc(NC)ccc1C21OC(=O)c2c(C(=O)OC(C)(C)C)cccc21. The Labute approximate surface area is 212 Å². The summed E-state index contributed by atoms with van der Waals surface area (Å²) >= 11 is 0. The molecule has 0 bridgehead atoms. The molecule has 2 aliphatic rings. The van der Waals surface area contributed by atoms with E-state index in [0.29, 0.717) is 5.56 Å². The molecule has 0 aromatic heterocycles. The van der Waals surface area contributed by atoms with Gasteiger partial charge in [0.2, 0.25) is 0 Å². The molecule has 1 heterocycles. The zero-order valence-corrected chi connectivity index (χ0v) is 21.8. The summed E-state index contributed by atoms with van der Waals surface area (Å²) in [6, 6.07) is 17.6. The lowest BCUT2D eigenvalue weighted by atomic mass is 9.61. The van der Waals surface area contributed by atoms with E-state index < -0.39 is 23.1 Å². The Morgan fingerprint density at radius 2 is 1.39 bits per heavy atom. The van der Waals surface area contributed by atoms with Crippen LogP contribution in [0.1, 0.15) is 83.2 Å². The first kappa shape index (κ1) is 23.9. The predicted octanol–water partition coefficient (Wildman–Crippen LogP) is 5.83. The summed E-state index contributed by atoms with van der Waals surface area (Å²) in [6.07, 6.45) is 0. The molecule has 1 spiro atoms. The van der Waals surface area contributed by atoms with Gasteiger partial charge in [-0.15, -0.1) is 0 Å². The van der Waals surface area contributed by atoms with Crippen molar-refractivity contribution in [1.29, 1.82) is 0 Å². The number of hydrogen-bond acceptors (Lipinski definition) is 6. The fourth-order valence-electron chi connectivity index (χ4n) is 5.55. The maximum Gasteiger partial charge on any atom is 0.341 e. The number of fused-ring (bicyclic) bond motifs is 6. The number of hydrogen-bond donors (Lipinski definition) is 2. The summed E-state index contributed by atoms with van der Waals surface area (Å²) in [7, 11) is 3.77. The van der Waals surface area contributed by atoms with Gasteiger partial charge in [0.15, 0.2) is 5.60 Å². The van der Waals surface area contributed by atoms with Gasteiger partial charge in [-0.25, -0.2) is 9.59 Å². The molecule has 0 saturated carbocycles. The Hall–Kier alpha value is -3.80. The summed E-state index contributed by atoms with van der Waals surface area (Å²) < 4.78 is 12.0. The van der Waals surface area contributed by atoms with Crippen LogP contribution in [-0.2, 0) is 20.5 Å². The molecule has 2 N–H and O–H groups in total. The largest absolute Gasteiger partial charge is 0.456 e. The third-order valence-corrected chi connectivity index (χ3v) is 7.23. The van der Waals surface area contributed by atoms with Crippen molar-refractivity contribution in [3.05, 3.63) is 93.5 Å². The molecular weight excluding hydrogens is 452 g/mol. The van der Waals surface area contributed by atoms with Crippen molar-refractivity contribution in [2.45, 2.75) is 51.2 Å². The number of carbonyl (C=O) groups is 2. The monoisotopic (exact) mass is 484 g/mol. The highest BCUT2D eigenvalue weighted by Gasteiger charge is 2.56. The zero-order chi connectivity index (χ0) is 26.0. The predicted molar refractivity (Wildman–Crippen MR) is 141 cm³/mol. The van der Waals surface area contributed by atoms with E-state index in [4.69, 9.17) is 9.47 Å². The molecule has 0 saturated heterocycles. The van der Waals surface area contributed by atoms with Crippen molar-refractivity contribution in [1.82, 2.24) is 0 Å². The van der Waals surface area contributed by atoms with Gasteiger partial charge in [0.25, 0.3) is 0 Å². The molecule has 6 nitrogen and oxygen atoms in total. The van der Waals surface area contributed by atoms with Gasteiger partial charge in [-0.3, -0.25) is 0 Å². The summed E-state index contributed by atoms with van der Waals surface area (Å²) in [5.74, 6) is -1.07. The molecule has 186 valence electrons. The maximum absolute atomic E-state index is 13.6. The van der Waals surface area contributed by atoms with Gasteiger partial charge >= 0.3 is 11.9 Å². The molecular formula is C30H32N2O4. The second-order valence-corrected chi connectivity index (χ2v) is 10.9. The second-order valence-electron chi connectivity index (χ2n) is 10.9. The lowest BCUT2D eigenvalue weighted by molar-refractivity contribution is 0.00622. The Morgan fingerprint density at radius 1 is 0.833 bits per heavy atom. The molecule has 3 aromatic carbocycles. The Bertz CT molecular complexity index is 1360. The van der Waals surface area contributed by atoms with Crippen molar-refractivity contribution in [2.24, 2.45) is 0 Å². The van der Waals surface area contributed by atoms with E-state index in [1.807, 2.05) is 65.2 Å². The summed E-state index contributed by atoms with van der Waals surface area (Å²) in [5, 5.41) is 6.47. The first-order valence-electron chi connectivity index (χ1n) is 12.2. The molecule has 1 aliphatic heterocycles. The van der Waals surface area contributed by atoms with Gasteiger partial charge in [0, 0.05) is 47.6 Å². The van der Waals surface area contributed by atoms with Crippen LogP contribution in [0.25, 0.3) is 0 Å². The minimum Gasteiger partial charge on any atom is -0.456 e. The van der Waals surface area contributed by atoms with Gasteiger partial charge in [-0.1, -0.05) is 38.1 Å². The topological polar surface area (TPSA) is 76.7 Å². The number of benzene rings is 3. The van der Waals surface area contributed by atoms with Crippen LogP contribution in [0.4, 0.5) is 11.4 Å². The van der Waals surface area contributed by atoms with Crippen LogP contribution in [0.15, 0.2) is 54.6 Å². The van der Waals surface area contributed by atoms with E-state index >= 15 is 0 Å². The number of esters is 2. The highest BCUT2D eigenvalue weighted by atomic mass is 16.6. The second kappa shape index (κ2) is 7.85. The van der Waals surface area contributed by atoms with Gasteiger partial charge in [-0.05, 0) is 62.2 Å². The molecule has 0 unspecified atom stereocenters. The van der Waals surface area contributed by atoms with Crippen molar-refractivity contribution < 1.29 is 19.1 Å². The third-order valence-electron chi connectivity index (χ3n) is 7.23. The van der Waals surface area contributed by atoms with Crippen LogP contribution >= 0.6 is 0 Å². The lowest BCUT2D eigenvalue weighted by Gasteiger charge is -2.44. The molecule has 0 fully saturated rings. The molecule has 5 rings (SSSR count). The fraction of sp³-hybridized carbons (Fsp3) is 0.333. The summed E-state index contributed by atoms with van der Waals surface area (Å²) in [5.41, 5.74) is 4.73. The average molecular weight is 485 g/mol. The van der Waals surface area contributed by atoms with Crippen molar-refractivity contribution in [3.63, 3.8) is 0 Å². The van der Waals surface area contributed by atoms with E-state index in [-0.39, 0.29) is 16.5 Å². The smallest absolute Gasteiger partial charge is 0.341 e. The van der Waals surface area contributed by atoms with E-state index in [9.17, 15) is 9.59 Å². The quantitative estimate of drug-likeness (QED) is 0.456. The molecule has 1 aliphatic carbocycles. The molecule has 6 heteroatoms. The number of anilines is 2. The normalized spacial score (nSPS) is 16.5. The average Bonchev–Trinajstić information content (AvgIpc) is 3.14. The van der Waals surface area contributed by atoms with Crippen LogP contribution in [0.2, 0.25) is 0 Å². The van der Waals surface area contributed by atoms with Gasteiger partial charge < -0.3 is 20.1 Å². The van der Waals surface area contributed by atoms with E-state index in [0.717, 1.165) is 33.6 Å². The zero-order valence-electron chi connectivity index (χ0n) is 21.8. The van der Waals surface area contributed by atoms with Crippen LogP contribution in [0.3, 0.4) is 0 Å². The van der Waals surface area contributed by atoms with Gasteiger partial charge in [-0.2, -0.15) is 0 Å². The number of carbonyl (C=O) groups excluding carboxylic acids is 2. The Balaban J connectivity index is 1.85. The number of nitrogens with one attached hydrogen (secondary N) is 2. The van der Waals surface area contributed by atoms with Gasteiger partial charge in [0.05, 0.1) is 11.1 Å². The van der Waals surface area contributed by atoms with Gasteiger partial charge in [0.1, 0.15) is 5.60 Å². The third kappa shape index (κ3) is 3.31. The molecule has 3 aromatic rings. The van der Waals surface area contributed by atoms with E-state index in [1.54, 1.807) is 12.1 Å². The minimum absolute atomic E-state index is 0.218. The standard InChI is InChI=1S/C30H32N2O4/c1-28(2,3)35-26(33)19-9-8-10-22-25(19)27(34)36-30(22)20-13-11-17(31-6)15-23(20)29(4,5)24-16-18(32-7)12-14-21(24)30/h8-16,31-32H,1-7H3. The van der Waals surface area contributed by atoms with E-state index in [1.165, 1.54) is 0 Å². The minimum atomic E-state index is -1.18. The lowest BCUT2D eigenvalue weighted by Crippen LogP contribution is -2.41. The number of rotatable bonds is 3. The molecule has 0 amide bonds. The fourth-order valence-corrected chi connectivity index (χ4v) is 5.55. The molecule has 0 atom stereocenters. The highest BCUT2D eigenvalue weighted by Crippen LogP contribution is 2.57. The van der Waals surface area contributed by atoms with Crippen molar-refractivity contribution >= 4 is 23.3 Å². The molecule has 36 heavy (non-hydrogen) atoms.